The third-order valence-electron chi connectivity index (χ3n) is 10.1. The Bertz CT molecular complexity index is 1640. The number of halogens is 3. The number of allylic oxidation sites excluding steroid dienone is 3. The summed E-state index contributed by atoms with van der Waals surface area (Å²) in [7, 11) is 0. The standard InChI is InChI=1S/C41H50F3N3O2.C4H10/c1-6-33-12-9-10-13-34(33)19-16-30(4)47(39-15-11-14-38(39)31(5)48)29-40(49)46(27-26-45(7-2)8-3)28-32-17-20-35(21-18-32)36-22-24-37(25-23-36)41(42,43)44;1-3-4-2/h9-10,12-13,17-18,20-25H,4,6-8,11,14-16,19,26-29H2,1-3,5H3;3-4H2,1-2H3. The van der Waals surface area contributed by atoms with Crippen molar-refractivity contribution in [2.75, 3.05) is 32.7 Å². The lowest BCUT2D eigenvalue weighted by Gasteiger charge is -2.33. The molecule has 3 aromatic rings. The first kappa shape index (κ1) is 43.2. The Hall–Kier alpha value is -4.17. The summed E-state index contributed by atoms with van der Waals surface area (Å²) in [5, 5.41) is 0. The van der Waals surface area contributed by atoms with Gasteiger partial charge in [-0.05, 0) is 98.5 Å². The lowest BCUT2D eigenvalue weighted by Crippen LogP contribution is -2.43. The van der Waals surface area contributed by atoms with Gasteiger partial charge >= 0.3 is 6.18 Å². The number of alkyl halides is 3. The first-order valence-corrected chi connectivity index (χ1v) is 19.4. The average molecular weight is 732 g/mol. The summed E-state index contributed by atoms with van der Waals surface area (Å²) in [6.07, 6.45) is 2.98. The van der Waals surface area contributed by atoms with Gasteiger partial charge in [0.25, 0.3) is 0 Å². The first-order valence-electron chi connectivity index (χ1n) is 19.4. The van der Waals surface area contributed by atoms with Crippen molar-refractivity contribution in [3.63, 3.8) is 0 Å². The van der Waals surface area contributed by atoms with Crippen molar-refractivity contribution in [2.24, 2.45) is 0 Å². The van der Waals surface area contributed by atoms with E-state index in [1.165, 1.54) is 36.1 Å². The predicted octanol–water partition coefficient (Wildman–Crippen LogP) is 10.9. The van der Waals surface area contributed by atoms with Gasteiger partial charge in [0.1, 0.15) is 6.54 Å². The summed E-state index contributed by atoms with van der Waals surface area (Å²) in [5.41, 5.74) is 6.84. The van der Waals surface area contributed by atoms with E-state index in [2.05, 4.69) is 70.4 Å². The summed E-state index contributed by atoms with van der Waals surface area (Å²) in [5.74, 6) is -0.00279. The lowest BCUT2D eigenvalue weighted by molar-refractivity contribution is -0.137. The van der Waals surface area contributed by atoms with E-state index in [1.807, 2.05) is 34.1 Å². The van der Waals surface area contributed by atoms with Crippen molar-refractivity contribution >= 4 is 11.7 Å². The van der Waals surface area contributed by atoms with Crippen LogP contribution in [-0.4, -0.2) is 59.1 Å². The maximum atomic E-state index is 14.3. The molecule has 53 heavy (non-hydrogen) atoms. The third kappa shape index (κ3) is 13.0. The van der Waals surface area contributed by atoms with Crippen LogP contribution in [0.3, 0.4) is 0 Å². The van der Waals surface area contributed by atoms with Gasteiger partial charge in [-0.25, -0.2) is 0 Å². The Morgan fingerprint density at radius 2 is 1.36 bits per heavy atom. The minimum absolute atomic E-state index is 0.0422. The number of carbonyl (C=O) groups excluding carboxylic acids is 2. The Kier molecular flexibility index (Phi) is 17.5. The molecule has 0 N–H and O–H groups in total. The fourth-order valence-electron chi connectivity index (χ4n) is 6.57. The molecule has 0 atom stereocenters. The van der Waals surface area contributed by atoms with Gasteiger partial charge in [0, 0.05) is 36.6 Å². The molecule has 0 radical (unpaired) electrons. The number of aryl methyl sites for hydroxylation is 2. The van der Waals surface area contributed by atoms with E-state index in [0.717, 1.165) is 85.5 Å². The molecular weight excluding hydrogens is 672 g/mol. The molecule has 8 heteroatoms. The molecule has 0 fully saturated rings. The zero-order valence-corrected chi connectivity index (χ0v) is 32.8. The zero-order chi connectivity index (χ0) is 39.0. The Morgan fingerprint density at radius 1 is 0.774 bits per heavy atom. The second-order valence-electron chi connectivity index (χ2n) is 13.7. The van der Waals surface area contributed by atoms with Crippen LogP contribution in [0.15, 0.2) is 96.3 Å². The topological polar surface area (TPSA) is 43.9 Å². The average Bonchev–Trinajstić information content (AvgIpc) is 3.66. The van der Waals surface area contributed by atoms with Crippen LogP contribution in [0.2, 0.25) is 0 Å². The number of hydrogen-bond donors (Lipinski definition) is 0. The van der Waals surface area contributed by atoms with Crippen molar-refractivity contribution in [3.05, 3.63) is 119 Å². The van der Waals surface area contributed by atoms with Gasteiger partial charge in [-0.15, -0.1) is 0 Å². The SMILES string of the molecule is C=C(CCc1ccccc1CC)N(CC(=O)N(CCN(CC)CC)Cc1ccc(-c2ccc(C(F)(F)F)cc2)cc1)C1=C(C(C)=O)CCC1.CCCC. The minimum Gasteiger partial charge on any atom is -0.339 e. The van der Waals surface area contributed by atoms with E-state index in [9.17, 15) is 22.8 Å². The normalized spacial score (nSPS) is 12.8. The Morgan fingerprint density at radius 3 is 1.89 bits per heavy atom. The highest BCUT2D eigenvalue weighted by atomic mass is 19.4. The molecule has 0 aromatic heterocycles. The lowest BCUT2D eigenvalue weighted by atomic mass is 10.00. The molecule has 0 unspecified atom stereocenters. The van der Waals surface area contributed by atoms with Crippen LogP contribution in [0.25, 0.3) is 11.1 Å². The van der Waals surface area contributed by atoms with Crippen LogP contribution in [0.1, 0.15) is 102 Å². The number of Topliss-reactive ketones (excluding diaryl/α,β-unsaturated/α-hetero) is 1. The zero-order valence-electron chi connectivity index (χ0n) is 32.8. The van der Waals surface area contributed by atoms with E-state index < -0.39 is 11.7 Å². The van der Waals surface area contributed by atoms with Gasteiger partial charge in [-0.3, -0.25) is 9.59 Å². The number of benzene rings is 3. The summed E-state index contributed by atoms with van der Waals surface area (Å²) < 4.78 is 39.2. The third-order valence-corrected chi connectivity index (χ3v) is 10.1. The second kappa shape index (κ2) is 21.5. The van der Waals surface area contributed by atoms with E-state index in [4.69, 9.17) is 0 Å². The fraction of sp³-hybridized carbons (Fsp3) is 0.467. The second-order valence-corrected chi connectivity index (χ2v) is 13.7. The molecule has 3 aromatic carbocycles. The predicted molar refractivity (Wildman–Crippen MR) is 212 cm³/mol. The van der Waals surface area contributed by atoms with Crippen molar-refractivity contribution in [1.82, 2.24) is 14.7 Å². The number of ketones is 1. The van der Waals surface area contributed by atoms with Crippen LogP contribution < -0.4 is 0 Å². The van der Waals surface area contributed by atoms with Crippen LogP contribution >= 0.6 is 0 Å². The van der Waals surface area contributed by atoms with E-state index in [0.29, 0.717) is 31.5 Å². The molecule has 0 bridgehead atoms. The Balaban J connectivity index is 0.00000180. The van der Waals surface area contributed by atoms with Crippen LogP contribution in [-0.2, 0) is 35.2 Å². The van der Waals surface area contributed by atoms with E-state index in [-0.39, 0.29) is 18.2 Å². The molecule has 4 rings (SSSR count). The number of likely N-dealkylation sites (N-methyl/N-ethyl adjacent to an activating group) is 1. The molecular formula is C45H60F3N3O2. The molecule has 1 amide bonds. The van der Waals surface area contributed by atoms with Crippen molar-refractivity contribution in [1.29, 1.82) is 0 Å². The maximum Gasteiger partial charge on any atom is 0.416 e. The Labute approximate surface area is 316 Å². The smallest absolute Gasteiger partial charge is 0.339 e. The molecule has 5 nitrogen and oxygen atoms in total. The quantitative estimate of drug-likeness (QED) is 0.131. The van der Waals surface area contributed by atoms with Gasteiger partial charge in [-0.2, -0.15) is 13.2 Å². The number of hydrogen-bond acceptors (Lipinski definition) is 4. The molecule has 1 aliphatic rings. The summed E-state index contributed by atoms with van der Waals surface area (Å²) in [6, 6.07) is 21.2. The van der Waals surface area contributed by atoms with Crippen LogP contribution in [0.4, 0.5) is 13.2 Å². The number of carbonyl (C=O) groups is 2. The van der Waals surface area contributed by atoms with Gasteiger partial charge < -0.3 is 14.7 Å². The molecule has 288 valence electrons. The van der Waals surface area contributed by atoms with Crippen LogP contribution in [0, 0.1) is 0 Å². The van der Waals surface area contributed by atoms with Crippen molar-refractivity contribution in [2.45, 2.75) is 106 Å². The van der Waals surface area contributed by atoms with Gasteiger partial charge in [0.2, 0.25) is 5.91 Å². The van der Waals surface area contributed by atoms with Crippen molar-refractivity contribution in [3.8, 4) is 11.1 Å². The van der Waals surface area contributed by atoms with Gasteiger partial charge in [0.15, 0.2) is 5.78 Å². The van der Waals surface area contributed by atoms with Gasteiger partial charge in [0.05, 0.1) is 5.56 Å². The first-order chi connectivity index (χ1) is 25.4. The molecule has 0 saturated heterocycles. The highest BCUT2D eigenvalue weighted by molar-refractivity contribution is 5.94. The highest BCUT2D eigenvalue weighted by Crippen LogP contribution is 2.33. The molecule has 0 heterocycles. The van der Waals surface area contributed by atoms with Crippen LogP contribution in [0.5, 0.6) is 0 Å². The molecule has 0 aliphatic heterocycles. The fourth-order valence-corrected chi connectivity index (χ4v) is 6.57. The number of nitrogens with zero attached hydrogens (tertiary/aromatic N) is 3. The monoisotopic (exact) mass is 731 g/mol. The maximum absolute atomic E-state index is 14.3. The molecule has 0 saturated carbocycles. The minimum atomic E-state index is -4.38. The largest absolute Gasteiger partial charge is 0.416 e. The number of rotatable bonds is 18. The summed E-state index contributed by atoms with van der Waals surface area (Å²) in [4.78, 5) is 33.1. The highest BCUT2D eigenvalue weighted by Gasteiger charge is 2.30. The molecule has 1 aliphatic carbocycles. The number of amides is 1. The van der Waals surface area contributed by atoms with E-state index in [1.54, 1.807) is 6.92 Å². The summed E-state index contributed by atoms with van der Waals surface area (Å²) >= 11 is 0. The summed E-state index contributed by atoms with van der Waals surface area (Å²) in [6.45, 7) is 20.3. The van der Waals surface area contributed by atoms with E-state index >= 15 is 0 Å². The molecule has 0 spiro atoms. The number of unbranched alkanes of at least 4 members (excludes halogenated alkanes) is 1. The van der Waals surface area contributed by atoms with Crippen molar-refractivity contribution < 1.29 is 22.8 Å². The van der Waals surface area contributed by atoms with Gasteiger partial charge in [-0.1, -0.05) is 115 Å².